The van der Waals surface area contributed by atoms with E-state index in [0.717, 1.165) is 11.8 Å². The van der Waals surface area contributed by atoms with E-state index in [-0.39, 0.29) is 6.42 Å². The maximum Gasteiger partial charge on any atom is 0.317 e. The molecule has 84 valence electrons. The predicted octanol–water partition coefficient (Wildman–Crippen LogP) is 0.736. The zero-order chi connectivity index (χ0) is 11.4. The summed E-state index contributed by atoms with van der Waals surface area (Å²) in [6.45, 7) is 1.58. The van der Waals surface area contributed by atoms with Gasteiger partial charge >= 0.3 is 5.97 Å². The monoisotopic (exact) mass is 230 g/mol. The number of hydrogen-bond acceptors (Lipinski definition) is 4. The fourth-order valence-electron chi connectivity index (χ4n) is 1.10. The van der Waals surface area contributed by atoms with Gasteiger partial charge in [0.2, 0.25) is 0 Å². The van der Waals surface area contributed by atoms with E-state index in [4.69, 9.17) is 10.2 Å². The Hall–Kier alpha value is -1.01. The minimum atomic E-state index is -0.927. The molecule has 1 aromatic heterocycles. The Bertz CT molecular complexity index is 338. The fourth-order valence-corrected chi connectivity index (χ4v) is 2.18. The molecule has 1 heterocycles. The highest BCUT2D eigenvalue weighted by molar-refractivity contribution is 8.00. The summed E-state index contributed by atoms with van der Waals surface area (Å²) in [6.07, 6.45) is 2.96. The number of thioether (sulfide) groups is 1. The van der Waals surface area contributed by atoms with Gasteiger partial charge in [0.15, 0.2) is 5.16 Å². The third-order valence-electron chi connectivity index (χ3n) is 1.86. The molecule has 0 spiro atoms. The number of aliphatic hydroxyl groups excluding tert-OH is 1. The van der Waals surface area contributed by atoms with Crippen molar-refractivity contribution in [2.24, 2.45) is 7.05 Å². The highest BCUT2D eigenvalue weighted by Gasteiger charge is 2.22. The van der Waals surface area contributed by atoms with E-state index in [1.165, 1.54) is 0 Å². The summed E-state index contributed by atoms with van der Waals surface area (Å²) in [5.74, 6) is -0.927. The normalized spacial score (nSPS) is 14.9. The Morgan fingerprint density at radius 1 is 1.73 bits per heavy atom. The lowest BCUT2D eigenvalue weighted by molar-refractivity contribution is -0.136. The molecule has 5 nitrogen and oxygen atoms in total. The van der Waals surface area contributed by atoms with Gasteiger partial charge in [-0.05, 0) is 13.3 Å². The quantitative estimate of drug-likeness (QED) is 0.730. The van der Waals surface area contributed by atoms with E-state index in [0.29, 0.717) is 5.16 Å². The molecular weight excluding hydrogens is 216 g/mol. The molecule has 0 aliphatic heterocycles. The first kappa shape index (κ1) is 12.1. The van der Waals surface area contributed by atoms with Crippen LogP contribution < -0.4 is 0 Å². The molecule has 0 aliphatic carbocycles. The maximum absolute atomic E-state index is 10.9. The molecule has 15 heavy (non-hydrogen) atoms. The van der Waals surface area contributed by atoms with Gasteiger partial charge in [0.05, 0.1) is 6.10 Å². The van der Waals surface area contributed by atoms with E-state index < -0.39 is 17.3 Å². The number of imidazole rings is 1. The average Bonchev–Trinajstić information content (AvgIpc) is 2.50. The van der Waals surface area contributed by atoms with Gasteiger partial charge < -0.3 is 14.8 Å². The molecule has 0 saturated heterocycles. The van der Waals surface area contributed by atoms with E-state index in [9.17, 15) is 4.79 Å². The summed E-state index contributed by atoms with van der Waals surface area (Å²) in [7, 11) is 1.80. The summed E-state index contributed by atoms with van der Waals surface area (Å²) in [5.41, 5.74) is 0. The Balaban J connectivity index is 2.67. The lowest BCUT2D eigenvalue weighted by Gasteiger charge is -2.12. The number of carbonyl (C=O) groups is 1. The molecule has 2 N–H and O–H groups in total. The van der Waals surface area contributed by atoms with Crippen molar-refractivity contribution in [1.82, 2.24) is 9.55 Å². The second kappa shape index (κ2) is 5.18. The first-order valence-electron chi connectivity index (χ1n) is 4.55. The minimum Gasteiger partial charge on any atom is -0.480 e. The first-order chi connectivity index (χ1) is 7.00. The van der Waals surface area contributed by atoms with Crippen LogP contribution in [0.3, 0.4) is 0 Å². The van der Waals surface area contributed by atoms with Gasteiger partial charge in [0, 0.05) is 19.4 Å². The molecule has 0 amide bonds. The summed E-state index contributed by atoms with van der Waals surface area (Å²) < 4.78 is 1.75. The third-order valence-corrected chi connectivity index (χ3v) is 3.14. The summed E-state index contributed by atoms with van der Waals surface area (Å²) >= 11 is 1.15. The fraction of sp³-hybridized carbons (Fsp3) is 0.556. The zero-order valence-electron chi connectivity index (χ0n) is 8.62. The van der Waals surface area contributed by atoms with Crippen molar-refractivity contribution < 1.29 is 15.0 Å². The number of carboxylic acids is 1. The second-order valence-electron chi connectivity index (χ2n) is 3.35. The number of nitrogens with zero attached hydrogens (tertiary/aromatic N) is 2. The van der Waals surface area contributed by atoms with Gasteiger partial charge in [0.25, 0.3) is 0 Å². The molecule has 0 fully saturated rings. The van der Waals surface area contributed by atoms with Crippen molar-refractivity contribution in [2.75, 3.05) is 0 Å². The molecule has 0 radical (unpaired) electrons. The SMILES string of the molecule is C[C@H](O)C[C@H](Sc1nccn1C)C(=O)O. The Labute approximate surface area is 92.1 Å². The van der Waals surface area contributed by atoms with Gasteiger partial charge in [-0.1, -0.05) is 11.8 Å². The number of aryl methyl sites for hydroxylation is 1. The van der Waals surface area contributed by atoms with E-state index >= 15 is 0 Å². The van der Waals surface area contributed by atoms with Crippen LogP contribution in [0.2, 0.25) is 0 Å². The van der Waals surface area contributed by atoms with Crippen LogP contribution in [0, 0.1) is 0 Å². The van der Waals surface area contributed by atoms with Crippen LogP contribution >= 0.6 is 11.8 Å². The van der Waals surface area contributed by atoms with E-state index in [1.807, 2.05) is 0 Å². The lowest BCUT2D eigenvalue weighted by atomic mass is 10.2. The number of aromatic nitrogens is 2. The van der Waals surface area contributed by atoms with Crippen LogP contribution in [0.4, 0.5) is 0 Å². The second-order valence-corrected chi connectivity index (χ2v) is 4.52. The lowest BCUT2D eigenvalue weighted by Crippen LogP contribution is -2.22. The van der Waals surface area contributed by atoms with Crippen molar-refractivity contribution >= 4 is 17.7 Å². The predicted molar refractivity (Wildman–Crippen MR) is 56.8 cm³/mol. The smallest absolute Gasteiger partial charge is 0.317 e. The number of hydrogen-bond donors (Lipinski definition) is 2. The largest absolute Gasteiger partial charge is 0.480 e. The molecule has 1 rings (SSSR count). The molecule has 1 aromatic rings. The van der Waals surface area contributed by atoms with Crippen LogP contribution in [0.15, 0.2) is 17.6 Å². The maximum atomic E-state index is 10.9. The van der Waals surface area contributed by atoms with Gasteiger partial charge in [-0.2, -0.15) is 0 Å². The number of carboxylic acid groups (broad SMARTS) is 1. The molecule has 0 bridgehead atoms. The topological polar surface area (TPSA) is 75.4 Å². The van der Waals surface area contributed by atoms with Crippen molar-refractivity contribution in [3.8, 4) is 0 Å². The van der Waals surface area contributed by atoms with Crippen molar-refractivity contribution in [3.05, 3.63) is 12.4 Å². The molecular formula is C9H14N2O3S. The Morgan fingerprint density at radius 2 is 2.40 bits per heavy atom. The summed E-state index contributed by atoms with van der Waals surface area (Å²) in [6, 6.07) is 0. The molecule has 0 aliphatic rings. The highest BCUT2D eigenvalue weighted by Crippen LogP contribution is 2.24. The Morgan fingerprint density at radius 3 is 2.80 bits per heavy atom. The van der Waals surface area contributed by atoms with Gasteiger partial charge in [-0.15, -0.1) is 0 Å². The van der Waals surface area contributed by atoms with Gasteiger partial charge in [-0.3, -0.25) is 4.79 Å². The van der Waals surface area contributed by atoms with Gasteiger partial charge in [-0.25, -0.2) is 4.98 Å². The minimum absolute atomic E-state index is 0.215. The van der Waals surface area contributed by atoms with Crippen LogP contribution in [0.25, 0.3) is 0 Å². The Kier molecular flexibility index (Phi) is 4.16. The van der Waals surface area contributed by atoms with Crippen LogP contribution in [-0.2, 0) is 11.8 Å². The van der Waals surface area contributed by atoms with E-state index in [1.54, 1.807) is 30.9 Å². The standard InChI is InChI=1S/C9H14N2O3S/c1-6(12)5-7(8(13)14)15-9-10-3-4-11(9)2/h3-4,6-7,12H,5H2,1-2H3,(H,13,14)/t6-,7-/m0/s1. The zero-order valence-corrected chi connectivity index (χ0v) is 9.44. The van der Waals surface area contributed by atoms with Crippen molar-refractivity contribution in [2.45, 2.75) is 29.9 Å². The average molecular weight is 230 g/mol. The summed E-state index contributed by atoms with van der Waals surface area (Å²) in [4.78, 5) is 14.9. The van der Waals surface area contributed by atoms with Crippen LogP contribution in [0.1, 0.15) is 13.3 Å². The number of aliphatic carboxylic acids is 1. The molecule has 0 aromatic carbocycles. The summed E-state index contributed by atoms with van der Waals surface area (Å²) in [5, 5.41) is 18.1. The van der Waals surface area contributed by atoms with Gasteiger partial charge in [0.1, 0.15) is 5.25 Å². The molecule has 0 unspecified atom stereocenters. The number of rotatable bonds is 5. The van der Waals surface area contributed by atoms with E-state index in [2.05, 4.69) is 4.98 Å². The highest BCUT2D eigenvalue weighted by atomic mass is 32.2. The number of aliphatic hydroxyl groups is 1. The molecule has 6 heteroatoms. The molecule has 0 saturated carbocycles. The van der Waals surface area contributed by atoms with Crippen molar-refractivity contribution in [3.63, 3.8) is 0 Å². The van der Waals surface area contributed by atoms with Crippen molar-refractivity contribution in [1.29, 1.82) is 0 Å². The third kappa shape index (κ3) is 3.56. The van der Waals surface area contributed by atoms with Crippen LogP contribution in [0.5, 0.6) is 0 Å². The van der Waals surface area contributed by atoms with Crippen LogP contribution in [-0.4, -0.2) is 37.1 Å². The first-order valence-corrected chi connectivity index (χ1v) is 5.43. The molecule has 2 atom stereocenters.